The van der Waals surface area contributed by atoms with Crippen LogP contribution in [-0.2, 0) is 4.74 Å². The number of methoxy groups -OCH3 is 1. The fraction of sp³-hybridized carbons (Fsp3) is 0.545. The largest absolute Gasteiger partial charge is 0.478 e. The highest BCUT2D eigenvalue weighted by Crippen LogP contribution is 2.26. The van der Waals surface area contributed by atoms with Crippen molar-refractivity contribution in [1.29, 1.82) is 0 Å². The summed E-state index contributed by atoms with van der Waals surface area (Å²) in [5.74, 6) is 1.15. The van der Waals surface area contributed by atoms with Gasteiger partial charge in [-0.05, 0) is 25.0 Å². The maximum atomic E-state index is 5.67. The molecule has 0 aliphatic carbocycles. The lowest BCUT2D eigenvalue weighted by atomic mass is 10.2. The van der Waals surface area contributed by atoms with Gasteiger partial charge < -0.3 is 14.2 Å². The van der Waals surface area contributed by atoms with Crippen LogP contribution >= 0.6 is 0 Å². The third-order valence-corrected chi connectivity index (χ3v) is 2.33. The summed E-state index contributed by atoms with van der Waals surface area (Å²) >= 11 is 0. The van der Waals surface area contributed by atoms with E-state index in [1.807, 2.05) is 12.1 Å². The van der Waals surface area contributed by atoms with Crippen molar-refractivity contribution in [3.05, 3.63) is 18.3 Å². The first kappa shape index (κ1) is 10.2. The second-order valence-corrected chi connectivity index (χ2v) is 3.42. The summed E-state index contributed by atoms with van der Waals surface area (Å²) < 4.78 is 16.2. The van der Waals surface area contributed by atoms with Crippen LogP contribution in [-0.4, -0.2) is 25.0 Å². The highest BCUT2D eigenvalue weighted by Gasteiger charge is 2.17. The molecule has 1 aliphatic heterocycles. The Morgan fingerprint density at radius 1 is 1.47 bits per heavy atom. The van der Waals surface area contributed by atoms with Gasteiger partial charge in [0.25, 0.3) is 5.88 Å². The van der Waals surface area contributed by atoms with Gasteiger partial charge in [0.1, 0.15) is 0 Å². The molecule has 1 unspecified atom stereocenters. The van der Waals surface area contributed by atoms with Crippen molar-refractivity contribution < 1.29 is 14.2 Å². The van der Waals surface area contributed by atoms with Crippen LogP contribution in [0.4, 0.5) is 0 Å². The van der Waals surface area contributed by atoms with E-state index >= 15 is 0 Å². The summed E-state index contributed by atoms with van der Waals surface area (Å²) in [4.78, 5) is 4.06. The van der Waals surface area contributed by atoms with Crippen LogP contribution in [0.2, 0.25) is 0 Å². The minimum Gasteiger partial charge on any atom is -0.478 e. The van der Waals surface area contributed by atoms with Gasteiger partial charge in [0.05, 0.1) is 13.7 Å². The Bertz CT molecular complexity index is 310. The van der Waals surface area contributed by atoms with E-state index in [2.05, 4.69) is 4.98 Å². The van der Waals surface area contributed by atoms with Crippen molar-refractivity contribution in [1.82, 2.24) is 4.98 Å². The Morgan fingerprint density at radius 2 is 2.40 bits per heavy atom. The molecule has 1 aliphatic rings. The molecule has 15 heavy (non-hydrogen) atoms. The van der Waals surface area contributed by atoms with Crippen molar-refractivity contribution in [2.24, 2.45) is 0 Å². The lowest BCUT2D eigenvalue weighted by Crippen LogP contribution is -2.25. The summed E-state index contributed by atoms with van der Waals surface area (Å²) in [5.41, 5.74) is 0. The van der Waals surface area contributed by atoms with E-state index in [0.717, 1.165) is 25.9 Å². The van der Waals surface area contributed by atoms with Crippen molar-refractivity contribution in [2.45, 2.75) is 25.6 Å². The second kappa shape index (κ2) is 4.98. The lowest BCUT2D eigenvalue weighted by molar-refractivity contribution is -0.106. The molecule has 0 spiro atoms. The summed E-state index contributed by atoms with van der Waals surface area (Å²) in [5, 5.41) is 0. The van der Waals surface area contributed by atoms with Gasteiger partial charge in [-0.3, -0.25) is 0 Å². The van der Waals surface area contributed by atoms with Gasteiger partial charge in [-0.1, -0.05) is 0 Å². The number of hydrogen-bond acceptors (Lipinski definition) is 4. The fourth-order valence-electron chi connectivity index (χ4n) is 1.56. The van der Waals surface area contributed by atoms with Crippen LogP contribution in [0.15, 0.2) is 18.3 Å². The number of nitrogens with zero attached hydrogens (tertiary/aromatic N) is 1. The lowest BCUT2D eigenvalue weighted by Gasteiger charge is -2.23. The molecule has 1 aromatic rings. The van der Waals surface area contributed by atoms with E-state index in [0.29, 0.717) is 11.6 Å². The van der Waals surface area contributed by atoms with Crippen LogP contribution in [0, 0.1) is 0 Å². The summed E-state index contributed by atoms with van der Waals surface area (Å²) in [7, 11) is 1.58. The normalized spacial score (nSPS) is 21.0. The molecule has 4 nitrogen and oxygen atoms in total. The van der Waals surface area contributed by atoms with Gasteiger partial charge in [-0.25, -0.2) is 4.98 Å². The monoisotopic (exact) mass is 209 g/mol. The topological polar surface area (TPSA) is 40.6 Å². The van der Waals surface area contributed by atoms with E-state index in [9.17, 15) is 0 Å². The van der Waals surface area contributed by atoms with Crippen molar-refractivity contribution in [2.75, 3.05) is 13.7 Å². The highest BCUT2D eigenvalue weighted by atomic mass is 16.7. The molecule has 1 atom stereocenters. The Kier molecular flexibility index (Phi) is 3.40. The number of ether oxygens (including phenoxy) is 3. The summed E-state index contributed by atoms with van der Waals surface area (Å²) in [6.45, 7) is 0.771. The highest BCUT2D eigenvalue weighted by molar-refractivity contribution is 5.32. The molecule has 0 aromatic carbocycles. The van der Waals surface area contributed by atoms with E-state index in [1.54, 1.807) is 13.3 Å². The van der Waals surface area contributed by atoms with Gasteiger partial charge in [0, 0.05) is 12.6 Å². The minimum atomic E-state index is -0.156. The molecule has 1 saturated heterocycles. The third kappa shape index (κ3) is 2.59. The molecule has 1 aromatic heterocycles. The average Bonchev–Trinajstić information content (AvgIpc) is 2.31. The second-order valence-electron chi connectivity index (χ2n) is 3.42. The zero-order valence-corrected chi connectivity index (χ0v) is 8.81. The van der Waals surface area contributed by atoms with Crippen LogP contribution in [0.1, 0.15) is 19.3 Å². The zero-order valence-electron chi connectivity index (χ0n) is 8.81. The Hall–Kier alpha value is -1.29. The fourth-order valence-corrected chi connectivity index (χ4v) is 1.56. The number of hydrogen-bond donors (Lipinski definition) is 0. The maximum Gasteiger partial charge on any atom is 0.256 e. The molecule has 0 radical (unpaired) electrons. The van der Waals surface area contributed by atoms with Gasteiger partial charge in [0.2, 0.25) is 0 Å². The van der Waals surface area contributed by atoms with Gasteiger partial charge in [-0.15, -0.1) is 0 Å². The average molecular weight is 209 g/mol. The number of aromatic nitrogens is 1. The summed E-state index contributed by atoms with van der Waals surface area (Å²) in [6, 6.07) is 3.66. The van der Waals surface area contributed by atoms with Crippen molar-refractivity contribution >= 4 is 0 Å². The Balaban J connectivity index is 2.02. The first-order valence-corrected chi connectivity index (χ1v) is 5.17. The van der Waals surface area contributed by atoms with Crippen LogP contribution < -0.4 is 9.47 Å². The molecule has 82 valence electrons. The molecular weight excluding hydrogens is 194 g/mol. The van der Waals surface area contributed by atoms with E-state index in [-0.39, 0.29) is 6.29 Å². The predicted octanol–water partition coefficient (Wildman–Crippen LogP) is 2.00. The van der Waals surface area contributed by atoms with E-state index < -0.39 is 0 Å². The maximum absolute atomic E-state index is 5.67. The first-order chi connectivity index (χ1) is 7.40. The zero-order chi connectivity index (χ0) is 10.5. The number of pyridine rings is 1. The number of rotatable bonds is 3. The molecule has 2 rings (SSSR count). The van der Waals surface area contributed by atoms with Gasteiger partial charge >= 0.3 is 0 Å². The van der Waals surface area contributed by atoms with E-state index in [1.165, 1.54) is 0 Å². The first-order valence-electron chi connectivity index (χ1n) is 5.17. The molecular formula is C11H15NO3. The van der Waals surface area contributed by atoms with Crippen LogP contribution in [0.3, 0.4) is 0 Å². The van der Waals surface area contributed by atoms with Gasteiger partial charge in [0.15, 0.2) is 12.0 Å². The molecule has 2 heterocycles. The molecule has 0 bridgehead atoms. The third-order valence-electron chi connectivity index (χ3n) is 2.33. The standard InChI is InChI=1S/C11H15NO3/c1-13-11-9(5-4-7-12-11)15-10-6-2-3-8-14-10/h4-5,7,10H,2-3,6,8H2,1H3. The SMILES string of the molecule is COc1ncccc1OC1CCCCO1. The van der Waals surface area contributed by atoms with Gasteiger partial charge in [-0.2, -0.15) is 0 Å². The minimum absolute atomic E-state index is 0.156. The Labute approximate surface area is 89.2 Å². The molecule has 0 saturated carbocycles. The smallest absolute Gasteiger partial charge is 0.256 e. The van der Waals surface area contributed by atoms with Crippen LogP contribution in [0.5, 0.6) is 11.6 Å². The molecule has 0 N–H and O–H groups in total. The summed E-state index contributed by atoms with van der Waals surface area (Å²) in [6.07, 6.45) is 4.71. The quantitative estimate of drug-likeness (QED) is 0.763. The molecule has 4 heteroatoms. The van der Waals surface area contributed by atoms with Crippen LogP contribution in [0.25, 0.3) is 0 Å². The predicted molar refractivity (Wildman–Crippen MR) is 55.0 cm³/mol. The van der Waals surface area contributed by atoms with E-state index in [4.69, 9.17) is 14.2 Å². The van der Waals surface area contributed by atoms with Crippen molar-refractivity contribution in [3.63, 3.8) is 0 Å². The Morgan fingerprint density at radius 3 is 3.13 bits per heavy atom. The van der Waals surface area contributed by atoms with Crippen molar-refractivity contribution in [3.8, 4) is 11.6 Å². The molecule has 0 amide bonds. The molecule has 1 fully saturated rings.